The average Bonchev–Trinajstić information content (AvgIpc) is 2.04. The number of carbonyl (C=O) groups is 1. The molecule has 0 aliphatic carbocycles. The molecule has 0 bridgehead atoms. The van der Waals surface area contributed by atoms with Crippen molar-refractivity contribution < 1.29 is 13.9 Å². The summed E-state index contributed by atoms with van der Waals surface area (Å²) in [6, 6.07) is 5.37. The van der Waals surface area contributed by atoms with Gasteiger partial charge in [-0.25, -0.2) is 9.18 Å². The van der Waals surface area contributed by atoms with E-state index < -0.39 is 11.9 Å². The number of halogens is 2. The predicted octanol–water partition coefficient (Wildman–Crippen LogP) is 1.97. The molecule has 0 fully saturated rings. The lowest BCUT2D eigenvalue weighted by Gasteiger charge is -2.01. The molecule has 0 saturated carbocycles. The van der Waals surface area contributed by atoms with Gasteiger partial charge in [0, 0.05) is 13.1 Å². The monoisotopic (exact) mass is 205 g/mol. The number of carbonyl (C=O) groups excluding carboxylic acids is 1. The molecule has 0 saturated heterocycles. The van der Waals surface area contributed by atoms with Crippen LogP contribution in [0.15, 0.2) is 24.3 Å². The van der Waals surface area contributed by atoms with Crippen LogP contribution >= 0.6 is 12.4 Å². The quantitative estimate of drug-likeness (QED) is 0.761. The molecule has 3 nitrogen and oxygen atoms in total. The molecule has 0 heterocycles. The molecule has 0 aromatic heterocycles. The Morgan fingerprint density at radius 2 is 2.23 bits per heavy atom. The van der Waals surface area contributed by atoms with Crippen LogP contribution in [0.5, 0.6) is 5.75 Å². The van der Waals surface area contributed by atoms with Crippen LogP contribution in [0.1, 0.15) is 0 Å². The molecule has 0 aliphatic rings. The molecule has 0 spiro atoms. The highest BCUT2D eigenvalue weighted by Crippen LogP contribution is 2.11. The van der Waals surface area contributed by atoms with Crippen LogP contribution in [0.3, 0.4) is 0 Å². The van der Waals surface area contributed by atoms with Gasteiger partial charge in [-0.05, 0) is 12.1 Å². The Bertz CT molecular complexity index is 293. The van der Waals surface area contributed by atoms with Crippen molar-refractivity contribution in [3.63, 3.8) is 0 Å². The van der Waals surface area contributed by atoms with Gasteiger partial charge in [0.15, 0.2) is 0 Å². The van der Waals surface area contributed by atoms with E-state index in [0.717, 1.165) is 6.07 Å². The molecule has 0 unspecified atom stereocenters. The van der Waals surface area contributed by atoms with Crippen molar-refractivity contribution in [2.75, 3.05) is 7.05 Å². The normalized spacial score (nSPS) is 8.46. The summed E-state index contributed by atoms with van der Waals surface area (Å²) < 4.78 is 17.2. The first-order valence-electron chi connectivity index (χ1n) is 3.37. The van der Waals surface area contributed by atoms with E-state index in [1.807, 2.05) is 0 Å². The molecule has 5 heteroatoms. The SMILES string of the molecule is CNC(=O)Oc1cccc(F)c1.Cl. The summed E-state index contributed by atoms with van der Waals surface area (Å²) in [5.74, 6) is -0.245. The van der Waals surface area contributed by atoms with Crippen molar-refractivity contribution in [2.24, 2.45) is 0 Å². The van der Waals surface area contributed by atoms with Crippen molar-refractivity contribution in [1.29, 1.82) is 0 Å². The van der Waals surface area contributed by atoms with Gasteiger partial charge in [-0.2, -0.15) is 0 Å². The summed E-state index contributed by atoms with van der Waals surface area (Å²) in [5, 5.41) is 2.25. The molecule has 1 rings (SSSR count). The van der Waals surface area contributed by atoms with Crippen LogP contribution in [0.25, 0.3) is 0 Å². The Balaban J connectivity index is 0.00000144. The number of amides is 1. The van der Waals surface area contributed by atoms with E-state index in [9.17, 15) is 9.18 Å². The summed E-state index contributed by atoms with van der Waals surface area (Å²) in [4.78, 5) is 10.6. The zero-order chi connectivity index (χ0) is 8.97. The first-order chi connectivity index (χ1) is 5.72. The Hall–Kier alpha value is -1.29. The minimum Gasteiger partial charge on any atom is -0.410 e. The van der Waals surface area contributed by atoms with Crippen molar-refractivity contribution in [3.8, 4) is 5.75 Å². The first-order valence-corrected chi connectivity index (χ1v) is 3.37. The lowest BCUT2D eigenvalue weighted by molar-refractivity contribution is 0.203. The van der Waals surface area contributed by atoms with Crippen molar-refractivity contribution >= 4 is 18.5 Å². The molecule has 1 aromatic rings. The third-order valence-corrected chi connectivity index (χ3v) is 1.21. The van der Waals surface area contributed by atoms with Gasteiger partial charge in [0.05, 0.1) is 0 Å². The molecular weight excluding hydrogens is 197 g/mol. The molecular formula is C8H9ClFNO2. The van der Waals surface area contributed by atoms with E-state index in [1.54, 1.807) is 0 Å². The van der Waals surface area contributed by atoms with Crippen LogP contribution in [0, 0.1) is 5.82 Å². The van der Waals surface area contributed by atoms with E-state index in [-0.39, 0.29) is 18.2 Å². The number of hydrogen-bond donors (Lipinski definition) is 1. The van der Waals surface area contributed by atoms with Crippen molar-refractivity contribution in [2.45, 2.75) is 0 Å². The van der Waals surface area contributed by atoms with Crippen LogP contribution in [-0.4, -0.2) is 13.1 Å². The summed E-state index contributed by atoms with van der Waals surface area (Å²) in [5.41, 5.74) is 0. The average molecular weight is 206 g/mol. The van der Waals surface area contributed by atoms with E-state index in [4.69, 9.17) is 0 Å². The van der Waals surface area contributed by atoms with Crippen LogP contribution in [-0.2, 0) is 0 Å². The number of benzene rings is 1. The smallest absolute Gasteiger partial charge is 0.410 e. The Labute approximate surface area is 81.3 Å². The van der Waals surface area contributed by atoms with Crippen molar-refractivity contribution in [3.05, 3.63) is 30.1 Å². The number of nitrogens with one attached hydrogen (secondary N) is 1. The van der Waals surface area contributed by atoms with Crippen LogP contribution < -0.4 is 10.1 Å². The molecule has 0 atom stereocenters. The Morgan fingerprint density at radius 3 is 2.77 bits per heavy atom. The zero-order valence-corrected chi connectivity index (χ0v) is 7.73. The highest BCUT2D eigenvalue weighted by atomic mass is 35.5. The molecule has 0 aliphatic heterocycles. The predicted molar refractivity (Wildman–Crippen MR) is 48.7 cm³/mol. The second kappa shape index (κ2) is 5.37. The Kier molecular flexibility index (Phi) is 4.84. The lowest BCUT2D eigenvalue weighted by Crippen LogP contribution is -2.21. The van der Waals surface area contributed by atoms with Gasteiger partial charge < -0.3 is 10.1 Å². The maximum Gasteiger partial charge on any atom is 0.412 e. The van der Waals surface area contributed by atoms with Crippen molar-refractivity contribution in [1.82, 2.24) is 5.32 Å². The van der Waals surface area contributed by atoms with E-state index in [2.05, 4.69) is 10.1 Å². The molecule has 1 N–H and O–H groups in total. The molecule has 1 aromatic carbocycles. The standard InChI is InChI=1S/C8H8FNO2.ClH/c1-10-8(11)12-7-4-2-3-6(9)5-7;/h2-5H,1H3,(H,10,11);1H. The summed E-state index contributed by atoms with van der Waals surface area (Å²) >= 11 is 0. The van der Waals surface area contributed by atoms with E-state index in [1.165, 1.54) is 25.2 Å². The summed E-state index contributed by atoms with van der Waals surface area (Å²) in [6.07, 6.45) is -0.611. The first kappa shape index (κ1) is 11.7. The number of ether oxygens (including phenoxy) is 1. The van der Waals surface area contributed by atoms with E-state index >= 15 is 0 Å². The largest absolute Gasteiger partial charge is 0.412 e. The number of hydrogen-bond acceptors (Lipinski definition) is 2. The fourth-order valence-electron chi connectivity index (χ4n) is 0.689. The van der Waals surface area contributed by atoms with Gasteiger partial charge in [-0.3, -0.25) is 0 Å². The maximum atomic E-state index is 12.5. The maximum absolute atomic E-state index is 12.5. The summed E-state index contributed by atoms with van der Waals surface area (Å²) in [7, 11) is 1.43. The Morgan fingerprint density at radius 1 is 1.54 bits per heavy atom. The van der Waals surface area contributed by atoms with Gasteiger partial charge in [0.2, 0.25) is 0 Å². The fourth-order valence-corrected chi connectivity index (χ4v) is 0.689. The third kappa shape index (κ3) is 3.75. The molecule has 72 valence electrons. The number of rotatable bonds is 1. The highest BCUT2D eigenvalue weighted by molar-refractivity contribution is 5.85. The molecule has 1 amide bonds. The second-order valence-electron chi connectivity index (χ2n) is 2.10. The lowest BCUT2D eigenvalue weighted by atomic mass is 10.3. The molecule has 13 heavy (non-hydrogen) atoms. The topological polar surface area (TPSA) is 38.3 Å². The van der Waals surface area contributed by atoms with Crippen LogP contribution in [0.4, 0.5) is 9.18 Å². The fraction of sp³-hybridized carbons (Fsp3) is 0.125. The van der Waals surface area contributed by atoms with Gasteiger partial charge in [-0.15, -0.1) is 12.4 Å². The van der Waals surface area contributed by atoms with Crippen LogP contribution in [0.2, 0.25) is 0 Å². The zero-order valence-electron chi connectivity index (χ0n) is 6.91. The van der Waals surface area contributed by atoms with Gasteiger partial charge >= 0.3 is 6.09 Å². The third-order valence-electron chi connectivity index (χ3n) is 1.21. The highest BCUT2D eigenvalue weighted by Gasteiger charge is 2.00. The summed E-state index contributed by atoms with van der Waals surface area (Å²) in [6.45, 7) is 0. The minimum absolute atomic E-state index is 0. The van der Waals surface area contributed by atoms with Gasteiger partial charge in [-0.1, -0.05) is 6.07 Å². The van der Waals surface area contributed by atoms with E-state index in [0.29, 0.717) is 0 Å². The minimum atomic E-state index is -0.611. The van der Waals surface area contributed by atoms with Gasteiger partial charge in [0.1, 0.15) is 11.6 Å². The second-order valence-corrected chi connectivity index (χ2v) is 2.10. The molecule has 0 radical (unpaired) electrons. The van der Waals surface area contributed by atoms with Gasteiger partial charge in [0.25, 0.3) is 0 Å².